The van der Waals surface area contributed by atoms with Gasteiger partial charge in [-0.3, -0.25) is 19.3 Å². The number of halogens is 1. The molecule has 0 unspecified atom stereocenters. The number of aryl methyl sites for hydroxylation is 2. The van der Waals surface area contributed by atoms with Gasteiger partial charge in [0, 0.05) is 23.1 Å². The monoisotopic (exact) mass is 446 g/mol. The molecule has 1 N–H and O–H groups in total. The van der Waals surface area contributed by atoms with Crippen LogP contribution in [0, 0.1) is 23.7 Å². The molecule has 3 aliphatic rings. The molecule has 1 aromatic rings. The lowest BCUT2D eigenvalue weighted by Crippen LogP contribution is -2.35. The third-order valence-electron chi connectivity index (χ3n) is 6.87. The fraction of sp³-hybridized carbons (Fsp3) is 0.591. The van der Waals surface area contributed by atoms with E-state index in [0.29, 0.717) is 11.8 Å². The Hall–Kier alpha value is -1.69. The summed E-state index contributed by atoms with van der Waals surface area (Å²) < 4.78 is 1.01. The molecule has 0 aromatic heterocycles. The highest BCUT2D eigenvalue weighted by atomic mass is 79.9. The van der Waals surface area contributed by atoms with E-state index in [-0.39, 0.29) is 42.5 Å². The molecule has 1 aromatic carbocycles. The fourth-order valence-electron chi connectivity index (χ4n) is 5.55. The second kappa shape index (κ2) is 7.62. The number of likely N-dealkylation sites (tertiary alicyclic amines) is 1. The van der Waals surface area contributed by atoms with Crippen LogP contribution in [0.15, 0.2) is 16.6 Å². The zero-order chi connectivity index (χ0) is 20.0. The molecule has 1 heterocycles. The van der Waals surface area contributed by atoms with Crippen LogP contribution in [0.2, 0.25) is 0 Å². The second-order valence-corrected chi connectivity index (χ2v) is 9.23. The quantitative estimate of drug-likeness (QED) is 0.672. The van der Waals surface area contributed by atoms with E-state index >= 15 is 0 Å². The third-order valence-corrected chi connectivity index (χ3v) is 7.33. The number of rotatable bonds is 6. The van der Waals surface area contributed by atoms with E-state index in [2.05, 4.69) is 35.1 Å². The van der Waals surface area contributed by atoms with Gasteiger partial charge in [-0.2, -0.15) is 0 Å². The number of imide groups is 1. The molecule has 2 bridgehead atoms. The Balaban J connectivity index is 1.42. The summed E-state index contributed by atoms with van der Waals surface area (Å²) in [5.41, 5.74) is 3.03. The van der Waals surface area contributed by atoms with Crippen molar-refractivity contribution in [1.82, 2.24) is 4.90 Å². The van der Waals surface area contributed by atoms with Gasteiger partial charge in [0.1, 0.15) is 0 Å². The largest absolute Gasteiger partial charge is 0.326 e. The lowest BCUT2D eigenvalue weighted by Gasteiger charge is -2.19. The fourth-order valence-corrected chi connectivity index (χ4v) is 6.10. The van der Waals surface area contributed by atoms with Crippen molar-refractivity contribution in [2.75, 3.05) is 11.9 Å². The maximum Gasteiger partial charge on any atom is 0.233 e. The second-order valence-electron chi connectivity index (χ2n) is 8.32. The zero-order valence-electron chi connectivity index (χ0n) is 16.5. The highest BCUT2D eigenvalue weighted by molar-refractivity contribution is 9.10. The lowest BCUT2D eigenvalue weighted by molar-refractivity contribution is -0.140. The Bertz CT molecular complexity index is 784. The first kappa shape index (κ1) is 19.6. The van der Waals surface area contributed by atoms with Crippen LogP contribution >= 0.6 is 15.9 Å². The van der Waals surface area contributed by atoms with E-state index in [1.165, 1.54) is 4.90 Å². The molecule has 4 atom stereocenters. The van der Waals surface area contributed by atoms with Crippen LogP contribution in [0.3, 0.4) is 0 Å². The van der Waals surface area contributed by atoms with Gasteiger partial charge in [-0.15, -0.1) is 0 Å². The number of fused-ring (bicyclic) bond motifs is 5. The highest BCUT2D eigenvalue weighted by Crippen LogP contribution is 2.56. The Morgan fingerprint density at radius 1 is 1.07 bits per heavy atom. The number of nitrogens with zero attached hydrogens (tertiary/aromatic N) is 1. The molecule has 4 rings (SSSR count). The molecule has 2 saturated carbocycles. The van der Waals surface area contributed by atoms with Gasteiger partial charge in [-0.1, -0.05) is 29.8 Å². The number of benzene rings is 1. The Morgan fingerprint density at radius 3 is 2.11 bits per heavy atom. The highest BCUT2D eigenvalue weighted by Gasteiger charge is 2.60. The average molecular weight is 447 g/mol. The minimum absolute atomic E-state index is 0.0397. The molecule has 3 amide bonds. The van der Waals surface area contributed by atoms with Crippen molar-refractivity contribution in [3.8, 4) is 0 Å². The van der Waals surface area contributed by atoms with Crippen molar-refractivity contribution in [2.24, 2.45) is 23.7 Å². The summed E-state index contributed by atoms with van der Waals surface area (Å²) in [6.07, 6.45) is 4.96. The van der Waals surface area contributed by atoms with E-state index in [0.717, 1.165) is 53.4 Å². The standard InChI is InChI=1S/C22H27BrN2O3/c1-3-12-10-16(23)11-13(4-2)20(12)24-17(26)7-8-25-21(27)18-14-5-6-15(9-14)19(18)22(25)28/h10-11,14-15,18-19H,3-9H2,1-2H3,(H,24,26)/t14-,15+,18-,19-/m0/s1. The van der Waals surface area contributed by atoms with Crippen LogP contribution < -0.4 is 5.32 Å². The van der Waals surface area contributed by atoms with Gasteiger partial charge in [0.15, 0.2) is 0 Å². The average Bonchev–Trinajstić information content (AvgIpc) is 3.35. The Labute approximate surface area is 174 Å². The van der Waals surface area contributed by atoms with E-state index < -0.39 is 0 Å². The van der Waals surface area contributed by atoms with Gasteiger partial charge in [0.05, 0.1) is 11.8 Å². The molecule has 6 heteroatoms. The van der Waals surface area contributed by atoms with Crippen LogP contribution in [0.4, 0.5) is 5.69 Å². The van der Waals surface area contributed by atoms with Crippen molar-refractivity contribution in [3.63, 3.8) is 0 Å². The number of hydrogen-bond donors (Lipinski definition) is 1. The number of anilines is 1. The first-order chi connectivity index (χ1) is 13.4. The minimum Gasteiger partial charge on any atom is -0.326 e. The maximum absolute atomic E-state index is 12.8. The summed E-state index contributed by atoms with van der Waals surface area (Å²) in [5, 5.41) is 3.03. The van der Waals surface area contributed by atoms with Crippen LogP contribution in [-0.2, 0) is 27.2 Å². The molecule has 0 spiro atoms. The molecular weight excluding hydrogens is 420 g/mol. The molecule has 1 saturated heterocycles. The van der Waals surface area contributed by atoms with Crippen LogP contribution in [0.5, 0.6) is 0 Å². The SMILES string of the molecule is CCc1cc(Br)cc(CC)c1NC(=O)CCN1C(=O)[C@H]2[C@@H]3CC[C@@H](C3)[C@@H]2C1=O. The Kier molecular flexibility index (Phi) is 5.34. The molecule has 150 valence electrons. The van der Waals surface area contributed by atoms with E-state index in [9.17, 15) is 14.4 Å². The normalized spacial score (nSPS) is 28.2. The molecule has 1 aliphatic heterocycles. The number of amides is 3. The van der Waals surface area contributed by atoms with Crippen molar-refractivity contribution in [1.29, 1.82) is 0 Å². The van der Waals surface area contributed by atoms with Gasteiger partial charge in [0.2, 0.25) is 17.7 Å². The van der Waals surface area contributed by atoms with Gasteiger partial charge < -0.3 is 5.32 Å². The van der Waals surface area contributed by atoms with Crippen molar-refractivity contribution < 1.29 is 14.4 Å². The molecule has 5 nitrogen and oxygen atoms in total. The summed E-state index contributed by atoms with van der Waals surface area (Å²) in [6.45, 7) is 4.31. The Morgan fingerprint density at radius 2 is 1.61 bits per heavy atom. The number of carbonyl (C=O) groups excluding carboxylic acids is 3. The predicted octanol–water partition coefficient (Wildman–Crippen LogP) is 3.93. The smallest absolute Gasteiger partial charge is 0.233 e. The van der Waals surface area contributed by atoms with E-state index in [4.69, 9.17) is 0 Å². The van der Waals surface area contributed by atoms with Crippen molar-refractivity contribution in [2.45, 2.75) is 52.4 Å². The lowest BCUT2D eigenvalue weighted by atomic mass is 9.81. The summed E-state index contributed by atoms with van der Waals surface area (Å²) in [6, 6.07) is 4.05. The van der Waals surface area contributed by atoms with Crippen molar-refractivity contribution in [3.05, 3.63) is 27.7 Å². The molecule has 3 fully saturated rings. The van der Waals surface area contributed by atoms with Gasteiger partial charge in [0.25, 0.3) is 0 Å². The minimum atomic E-state index is -0.146. The summed E-state index contributed by atoms with van der Waals surface area (Å²) in [4.78, 5) is 39.5. The molecule has 28 heavy (non-hydrogen) atoms. The third kappa shape index (κ3) is 3.19. The van der Waals surface area contributed by atoms with Crippen LogP contribution in [-0.4, -0.2) is 29.2 Å². The summed E-state index contributed by atoms with van der Waals surface area (Å²) >= 11 is 3.53. The number of hydrogen-bond acceptors (Lipinski definition) is 3. The van der Waals surface area contributed by atoms with Gasteiger partial charge >= 0.3 is 0 Å². The van der Waals surface area contributed by atoms with Gasteiger partial charge in [-0.05, 0) is 67.2 Å². The molecular formula is C22H27BrN2O3. The molecule has 0 radical (unpaired) electrons. The zero-order valence-corrected chi connectivity index (χ0v) is 18.0. The van der Waals surface area contributed by atoms with Crippen LogP contribution in [0.1, 0.15) is 50.7 Å². The van der Waals surface area contributed by atoms with Crippen LogP contribution in [0.25, 0.3) is 0 Å². The summed E-state index contributed by atoms with van der Waals surface area (Å²) in [5.74, 6) is 0.314. The first-order valence-electron chi connectivity index (χ1n) is 10.4. The number of nitrogens with one attached hydrogen (secondary N) is 1. The van der Waals surface area contributed by atoms with E-state index in [1.807, 2.05) is 12.1 Å². The predicted molar refractivity (Wildman–Crippen MR) is 111 cm³/mol. The maximum atomic E-state index is 12.8. The topological polar surface area (TPSA) is 66.5 Å². The first-order valence-corrected chi connectivity index (χ1v) is 11.2. The van der Waals surface area contributed by atoms with Crippen molar-refractivity contribution >= 4 is 39.3 Å². The van der Waals surface area contributed by atoms with Gasteiger partial charge in [-0.25, -0.2) is 0 Å². The van der Waals surface area contributed by atoms with E-state index in [1.54, 1.807) is 0 Å². The molecule has 2 aliphatic carbocycles. The summed E-state index contributed by atoms with van der Waals surface area (Å²) in [7, 11) is 0. The number of carbonyl (C=O) groups is 3.